The van der Waals surface area contributed by atoms with Gasteiger partial charge < -0.3 is 9.64 Å². The molecule has 0 fully saturated rings. The number of rotatable bonds is 5. The second-order valence-corrected chi connectivity index (χ2v) is 5.54. The molecule has 0 unspecified atom stereocenters. The van der Waals surface area contributed by atoms with E-state index >= 15 is 0 Å². The summed E-state index contributed by atoms with van der Waals surface area (Å²) in [6.07, 6.45) is 0. The Balaban J connectivity index is 1.93. The van der Waals surface area contributed by atoms with E-state index in [9.17, 15) is 9.18 Å². The number of nitrogens with zero attached hydrogens (tertiary/aromatic N) is 1. The predicted octanol–water partition coefficient (Wildman–Crippen LogP) is 4.17. The molecule has 2 aromatic rings. The van der Waals surface area contributed by atoms with Crippen molar-refractivity contribution < 1.29 is 13.9 Å². The molecule has 6 heteroatoms. The monoisotopic (exact) mass is 341 g/mol. The van der Waals surface area contributed by atoms with Crippen molar-refractivity contribution in [3.8, 4) is 5.75 Å². The standard InChI is InChI=1S/C16H14Cl2FNO2/c1-20(9-13-14(18)3-2-4-15(13)19)16(21)10-22-12-7-5-11(17)6-8-12/h2-8H,9-10H2,1H3. The zero-order valence-electron chi connectivity index (χ0n) is 11.9. The molecule has 3 nitrogen and oxygen atoms in total. The minimum absolute atomic E-state index is 0.0777. The summed E-state index contributed by atoms with van der Waals surface area (Å²) in [5.41, 5.74) is 0.284. The van der Waals surface area contributed by atoms with E-state index in [0.29, 0.717) is 15.8 Å². The third kappa shape index (κ3) is 4.36. The van der Waals surface area contributed by atoms with Gasteiger partial charge in [-0.3, -0.25) is 4.79 Å². The highest BCUT2D eigenvalue weighted by Crippen LogP contribution is 2.20. The van der Waals surface area contributed by atoms with Gasteiger partial charge in [-0.2, -0.15) is 0 Å². The first-order chi connectivity index (χ1) is 10.5. The fourth-order valence-electron chi connectivity index (χ4n) is 1.79. The summed E-state index contributed by atoms with van der Waals surface area (Å²) in [4.78, 5) is 13.4. The molecule has 0 N–H and O–H groups in total. The lowest BCUT2D eigenvalue weighted by Gasteiger charge is -2.18. The zero-order valence-corrected chi connectivity index (χ0v) is 13.4. The molecular weight excluding hydrogens is 328 g/mol. The van der Waals surface area contributed by atoms with E-state index in [0.717, 1.165) is 0 Å². The fraction of sp³-hybridized carbons (Fsp3) is 0.188. The number of ether oxygens (including phenoxy) is 1. The highest BCUT2D eigenvalue weighted by molar-refractivity contribution is 6.31. The van der Waals surface area contributed by atoms with Crippen LogP contribution in [0.5, 0.6) is 5.75 Å². The van der Waals surface area contributed by atoms with Crippen LogP contribution in [0.15, 0.2) is 42.5 Å². The zero-order chi connectivity index (χ0) is 16.1. The van der Waals surface area contributed by atoms with E-state index in [1.54, 1.807) is 37.4 Å². The normalized spacial score (nSPS) is 10.4. The van der Waals surface area contributed by atoms with Crippen molar-refractivity contribution in [1.29, 1.82) is 0 Å². The van der Waals surface area contributed by atoms with Crippen molar-refractivity contribution >= 4 is 29.1 Å². The molecule has 0 spiro atoms. The number of hydrogen-bond donors (Lipinski definition) is 0. The molecule has 0 saturated carbocycles. The molecule has 0 atom stereocenters. The lowest BCUT2D eigenvalue weighted by atomic mass is 10.2. The van der Waals surface area contributed by atoms with Crippen LogP contribution >= 0.6 is 23.2 Å². The molecule has 0 aliphatic carbocycles. The SMILES string of the molecule is CN(Cc1c(F)cccc1Cl)C(=O)COc1ccc(Cl)cc1. The van der Waals surface area contributed by atoms with Crippen LogP contribution in [0.1, 0.15) is 5.56 Å². The maximum atomic E-state index is 13.7. The Morgan fingerprint density at radius 1 is 1.18 bits per heavy atom. The van der Waals surface area contributed by atoms with Crippen LogP contribution in [0, 0.1) is 5.82 Å². The fourth-order valence-corrected chi connectivity index (χ4v) is 2.14. The Hall–Kier alpha value is -1.78. The van der Waals surface area contributed by atoms with Crippen LogP contribution in [0.3, 0.4) is 0 Å². The van der Waals surface area contributed by atoms with Crippen LogP contribution < -0.4 is 4.74 Å². The second kappa shape index (κ2) is 7.47. The van der Waals surface area contributed by atoms with E-state index in [1.165, 1.54) is 17.0 Å². The quantitative estimate of drug-likeness (QED) is 0.816. The summed E-state index contributed by atoms with van der Waals surface area (Å²) in [5, 5.41) is 0.878. The van der Waals surface area contributed by atoms with Crippen molar-refractivity contribution in [3.05, 3.63) is 63.9 Å². The predicted molar refractivity (Wildman–Crippen MR) is 84.8 cm³/mol. The van der Waals surface area contributed by atoms with Crippen molar-refractivity contribution in [2.24, 2.45) is 0 Å². The molecule has 116 valence electrons. The molecule has 2 rings (SSSR count). The molecule has 0 aliphatic heterocycles. The van der Waals surface area contributed by atoms with Crippen LogP contribution in [0.2, 0.25) is 10.0 Å². The van der Waals surface area contributed by atoms with Gasteiger partial charge in [0.05, 0.1) is 0 Å². The molecule has 0 aromatic heterocycles. The van der Waals surface area contributed by atoms with Gasteiger partial charge >= 0.3 is 0 Å². The average Bonchev–Trinajstić information content (AvgIpc) is 2.50. The molecule has 0 radical (unpaired) electrons. The van der Waals surface area contributed by atoms with Gasteiger partial charge in [0, 0.05) is 29.2 Å². The minimum Gasteiger partial charge on any atom is -0.484 e. The summed E-state index contributed by atoms with van der Waals surface area (Å²) in [7, 11) is 1.57. The molecule has 0 bridgehead atoms. The van der Waals surface area contributed by atoms with Crippen molar-refractivity contribution in [2.45, 2.75) is 6.54 Å². The molecule has 0 aliphatic rings. The Morgan fingerprint density at radius 3 is 2.50 bits per heavy atom. The van der Waals surface area contributed by atoms with E-state index in [2.05, 4.69) is 0 Å². The largest absolute Gasteiger partial charge is 0.484 e. The molecule has 0 heterocycles. The van der Waals surface area contributed by atoms with Crippen molar-refractivity contribution in [1.82, 2.24) is 4.90 Å². The van der Waals surface area contributed by atoms with Gasteiger partial charge in [-0.05, 0) is 36.4 Å². The number of likely N-dealkylation sites (N-methyl/N-ethyl adjacent to an activating group) is 1. The van der Waals surface area contributed by atoms with Gasteiger partial charge in [-0.1, -0.05) is 29.3 Å². The number of benzene rings is 2. The Labute approximate surface area is 138 Å². The third-order valence-corrected chi connectivity index (χ3v) is 3.66. The van der Waals surface area contributed by atoms with Crippen molar-refractivity contribution in [3.63, 3.8) is 0 Å². The molecule has 0 saturated heterocycles. The second-order valence-electron chi connectivity index (χ2n) is 4.69. The lowest BCUT2D eigenvalue weighted by Crippen LogP contribution is -2.31. The van der Waals surface area contributed by atoms with Gasteiger partial charge in [0.1, 0.15) is 11.6 Å². The summed E-state index contributed by atoms with van der Waals surface area (Å²) in [6, 6.07) is 11.1. The summed E-state index contributed by atoms with van der Waals surface area (Å²) < 4.78 is 19.1. The summed E-state index contributed by atoms with van der Waals surface area (Å²) in [6.45, 7) is -0.0709. The number of hydrogen-bond acceptors (Lipinski definition) is 2. The van der Waals surface area contributed by atoms with Crippen LogP contribution in [-0.2, 0) is 11.3 Å². The maximum absolute atomic E-state index is 13.7. The lowest BCUT2D eigenvalue weighted by molar-refractivity contribution is -0.132. The molecular formula is C16H14Cl2FNO2. The first-order valence-corrected chi connectivity index (χ1v) is 7.28. The number of halogens is 3. The highest BCUT2D eigenvalue weighted by atomic mass is 35.5. The topological polar surface area (TPSA) is 29.5 Å². The van der Waals surface area contributed by atoms with Crippen LogP contribution in [0.4, 0.5) is 4.39 Å². The van der Waals surface area contributed by atoms with Gasteiger partial charge in [-0.15, -0.1) is 0 Å². The van der Waals surface area contributed by atoms with E-state index < -0.39 is 5.82 Å². The Morgan fingerprint density at radius 2 is 1.86 bits per heavy atom. The summed E-state index contributed by atoms with van der Waals surface area (Å²) >= 11 is 11.7. The van der Waals surface area contributed by atoms with Crippen LogP contribution in [-0.4, -0.2) is 24.5 Å². The number of carbonyl (C=O) groups excluding carboxylic acids is 1. The molecule has 1 amide bonds. The first-order valence-electron chi connectivity index (χ1n) is 6.52. The van der Waals surface area contributed by atoms with Gasteiger partial charge in [0.15, 0.2) is 6.61 Å². The van der Waals surface area contributed by atoms with E-state index in [4.69, 9.17) is 27.9 Å². The van der Waals surface area contributed by atoms with Gasteiger partial charge in [0.25, 0.3) is 5.91 Å². The number of amides is 1. The maximum Gasteiger partial charge on any atom is 0.260 e. The Kier molecular flexibility index (Phi) is 5.63. The number of carbonyl (C=O) groups is 1. The average molecular weight is 342 g/mol. The third-order valence-electron chi connectivity index (χ3n) is 3.06. The van der Waals surface area contributed by atoms with E-state index in [1.807, 2.05) is 0 Å². The first kappa shape index (κ1) is 16.6. The van der Waals surface area contributed by atoms with Crippen molar-refractivity contribution in [2.75, 3.05) is 13.7 Å². The minimum atomic E-state index is -0.439. The van der Waals surface area contributed by atoms with Crippen LogP contribution in [0.25, 0.3) is 0 Å². The highest BCUT2D eigenvalue weighted by Gasteiger charge is 2.14. The van der Waals surface area contributed by atoms with Gasteiger partial charge in [-0.25, -0.2) is 4.39 Å². The summed E-state index contributed by atoms with van der Waals surface area (Å²) in [5.74, 6) is -0.185. The smallest absolute Gasteiger partial charge is 0.260 e. The molecule has 2 aromatic carbocycles. The Bertz CT molecular complexity index is 641. The molecule has 22 heavy (non-hydrogen) atoms. The van der Waals surface area contributed by atoms with E-state index in [-0.39, 0.29) is 24.6 Å². The van der Waals surface area contributed by atoms with Gasteiger partial charge in [0.2, 0.25) is 0 Å².